The number of rotatable bonds is 13. The second-order valence-electron chi connectivity index (χ2n) is 10.5. The minimum Gasteiger partial charge on any atom is -0.461 e. The van der Waals surface area contributed by atoms with E-state index in [1.54, 1.807) is 0 Å². The van der Waals surface area contributed by atoms with Crippen LogP contribution in [0.15, 0.2) is 89.5 Å². The van der Waals surface area contributed by atoms with Gasteiger partial charge in [0.2, 0.25) is 5.78 Å². The Morgan fingerprint density at radius 2 is 1.24 bits per heavy atom. The topological polar surface area (TPSA) is 366 Å². The Hall–Kier alpha value is -5.41. The predicted octanol–water partition coefficient (Wildman–Crippen LogP) is 2.93. The van der Waals surface area contributed by atoms with Gasteiger partial charge in [-0.3, -0.25) is 33.7 Å². The molecule has 0 amide bonds. The summed E-state index contributed by atoms with van der Waals surface area (Å²) in [5, 5.41) is 4.51. The van der Waals surface area contributed by atoms with Crippen LogP contribution in [0.5, 0.6) is 0 Å². The molecule has 2 aromatic carbocycles. The van der Waals surface area contributed by atoms with Crippen molar-refractivity contribution in [1.29, 1.82) is 0 Å². The molecule has 0 aliphatic heterocycles. The fraction of sp³-hybridized carbons (Fsp3) is 0.0690. The van der Waals surface area contributed by atoms with Gasteiger partial charge in [-0.15, -0.1) is 5.73 Å². The van der Waals surface area contributed by atoms with E-state index in [4.69, 9.17) is 4.74 Å². The van der Waals surface area contributed by atoms with Crippen LogP contribution in [0, 0.1) is 0 Å². The second kappa shape index (κ2) is 15.7. The quantitative estimate of drug-likeness (QED) is 0.0176. The monoisotopic (exact) mass is 846 g/mol. The van der Waals surface area contributed by atoms with E-state index >= 15 is 0 Å². The van der Waals surface area contributed by atoms with Crippen LogP contribution in [0.4, 0.5) is 0 Å². The predicted molar refractivity (Wildman–Crippen MR) is 192 cm³/mol. The number of ketones is 1. The highest BCUT2D eigenvalue weighted by atomic mass is 32.3. The Balaban J connectivity index is 1.90. The van der Waals surface area contributed by atoms with Gasteiger partial charge in [-0.05, 0) is 61.5 Å². The highest BCUT2D eigenvalue weighted by Crippen LogP contribution is 2.45. The van der Waals surface area contributed by atoms with E-state index in [2.05, 4.69) is 15.9 Å². The Labute approximate surface area is 310 Å². The van der Waals surface area contributed by atoms with Crippen molar-refractivity contribution >= 4 is 71.8 Å². The van der Waals surface area contributed by atoms with Crippen molar-refractivity contribution in [2.24, 2.45) is 0 Å². The first kappa shape index (κ1) is 42.3. The van der Waals surface area contributed by atoms with Gasteiger partial charge in [0.05, 0.1) is 45.0 Å². The van der Waals surface area contributed by atoms with Crippen molar-refractivity contribution in [3.05, 3.63) is 104 Å². The molecule has 0 fully saturated rings. The molecule has 2 aromatic heterocycles. The number of aromatic nitrogens is 4. The summed E-state index contributed by atoms with van der Waals surface area (Å²) in [5.41, 5.74) is -4.01. The number of aromatic amines is 2. The summed E-state index contributed by atoms with van der Waals surface area (Å²) in [6.45, 7) is 1.21. The molecule has 4 aromatic rings. The van der Waals surface area contributed by atoms with Crippen LogP contribution in [0.25, 0.3) is 23.5 Å². The van der Waals surface area contributed by atoms with E-state index < -0.39 is 118 Å². The van der Waals surface area contributed by atoms with Gasteiger partial charge in [0.15, 0.2) is 5.69 Å². The van der Waals surface area contributed by atoms with Crippen LogP contribution in [0.2, 0.25) is 0 Å². The zero-order valence-electron chi connectivity index (χ0n) is 27.2. The lowest BCUT2D eigenvalue weighted by Gasteiger charge is -2.20. The molecular formula is C29H26N4O18S4. The highest BCUT2D eigenvalue weighted by molar-refractivity contribution is 8.19. The first-order valence-corrected chi connectivity index (χ1v) is 20.3. The zero-order valence-corrected chi connectivity index (χ0v) is 30.5. The molecule has 0 aliphatic carbocycles. The molecule has 0 radical (unpaired) electrons. The van der Waals surface area contributed by atoms with Gasteiger partial charge in [-0.25, -0.2) is 19.0 Å². The van der Waals surface area contributed by atoms with Gasteiger partial charge in [-0.2, -0.15) is 16.8 Å². The molecule has 0 saturated heterocycles. The lowest BCUT2D eigenvalue weighted by Crippen LogP contribution is -2.19. The highest BCUT2D eigenvalue weighted by Gasteiger charge is 2.28. The van der Waals surface area contributed by atoms with Crippen molar-refractivity contribution in [2.75, 3.05) is 6.61 Å². The van der Waals surface area contributed by atoms with Crippen molar-refractivity contribution in [3.8, 4) is 11.4 Å². The first-order chi connectivity index (χ1) is 25.4. The summed E-state index contributed by atoms with van der Waals surface area (Å²) < 4.78 is 132. The number of esters is 1. The maximum atomic E-state index is 13.5. The molecule has 26 heteroatoms. The molecule has 22 nitrogen and oxygen atoms in total. The van der Waals surface area contributed by atoms with Crippen LogP contribution < -0.4 is 11.1 Å². The van der Waals surface area contributed by atoms with Gasteiger partial charge in [0.1, 0.15) is 43.2 Å². The van der Waals surface area contributed by atoms with Crippen LogP contribution in [-0.4, -0.2) is 97.1 Å². The third-order valence-electron chi connectivity index (χ3n) is 6.98. The first-order valence-electron chi connectivity index (χ1n) is 14.4. The number of ether oxygens (including phenoxy) is 1. The largest absolute Gasteiger partial charge is 0.461 e. The van der Waals surface area contributed by atoms with E-state index in [0.29, 0.717) is 39.7 Å². The summed E-state index contributed by atoms with van der Waals surface area (Å²) in [6.07, 6.45) is 4.14. The van der Waals surface area contributed by atoms with Gasteiger partial charge in [0, 0.05) is 0 Å². The van der Waals surface area contributed by atoms with Crippen LogP contribution in [0.3, 0.4) is 0 Å². The van der Waals surface area contributed by atoms with E-state index in [0.717, 1.165) is 36.4 Å². The molecule has 4 rings (SSSR count). The lowest BCUT2D eigenvalue weighted by molar-refractivity contribution is 0.0518. The van der Waals surface area contributed by atoms with E-state index in [9.17, 15) is 77.2 Å². The SMILES string of the molecule is CCOC(=O)c1[nH]n(-c2cc(S(O)(O)O)ccc2S(=O)(=O)O)c(=O)c1C=CC=C=Cc1c(C(=O)C=C=O)[nH]n(-c2cc(S(O)(O)O)ccc2S(=O)(=O)O)c1=O. The van der Waals surface area contributed by atoms with Crippen molar-refractivity contribution in [2.45, 2.75) is 26.5 Å². The van der Waals surface area contributed by atoms with Gasteiger partial charge < -0.3 is 32.1 Å². The molecule has 0 spiro atoms. The fourth-order valence-electron chi connectivity index (χ4n) is 4.65. The minimum absolute atomic E-state index is 0.207. The molecule has 0 bridgehead atoms. The van der Waals surface area contributed by atoms with E-state index in [1.165, 1.54) is 12.9 Å². The molecule has 2 heterocycles. The average molecular weight is 847 g/mol. The van der Waals surface area contributed by atoms with Crippen LogP contribution in [0.1, 0.15) is 39.0 Å². The maximum absolute atomic E-state index is 13.5. The number of hydrogen-bond acceptors (Lipinski definition) is 16. The number of allylic oxidation sites excluding steroid dienone is 3. The maximum Gasteiger partial charge on any atom is 0.357 e. The normalized spacial score (nSPS) is 12.8. The third-order valence-corrected chi connectivity index (χ3v) is 10.6. The Bertz CT molecular complexity index is 2710. The Morgan fingerprint density at radius 1 is 0.764 bits per heavy atom. The molecule has 55 heavy (non-hydrogen) atoms. The Kier molecular flexibility index (Phi) is 12.1. The van der Waals surface area contributed by atoms with Crippen molar-refractivity contribution in [1.82, 2.24) is 19.6 Å². The van der Waals surface area contributed by atoms with E-state index in [-0.39, 0.29) is 6.61 Å². The summed E-state index contributed by atoms with van der Waals surface area (Å²) in [7, 11) is -19.3. The number of nitrogens with one attached hydrogen (secondary N) is 2. The summed E-state index contributed by atoms with van der Waals surface area (Å²) >= 11 is 0. The fourth-order valence-corrected chi connectivity index (χ4v) is 7.00. The number of carbonyl (C=O) groups excluding carboxylic acids is 3. The smallest absolute Gasteiger partial charge is 0.357 e. The summed E-state index contributed by atoms with van der Waals surface area (Å²) in [6, 6.07) is 3.95. The van der Waals surface area contributed by atoms with E-state index in [1.807, 2.05) is 0 Å². The number of carbonyl (C=O) groups is 2. The number of hydrogen-bond donors (Lipinski definition) is 10. The zero-order chi connectivity index (χ0) is 41.3. The molecule has 0 saturated carbocycles. The molecule has 0 aliphatic rings. The standard InChI is InChI=1S/C29H26N4O18S4/c1-2-51-29(38)26-19(28(37)33(31-26)21-15-17(53(42,43)44)9-11-24(21)55(48,49)50)7-5-3-4-6-18-25(22(35)12-13-34)30-32(27(18)36)20-14-16(52(39,40)41)8-10-23(20)54(45,46)47/h3,5-12,14-15,30-31,39-44H,2H2,1H3,(H,45,46,47)(H,48,49,50). The second-order valence-corrected chi connectivity index (χ2v) is 16.3. The summed E-state index contributed by atoms with van der Waals surface area (Å²) in [5.74, 6) is -1.15. The van der Waals surface area contributed by atoms with Crippen molar-refractivity contribution < 1.29 is 72.4 Å². The molecular weight excluding hydrogens is 821 g/mol. The lowest BCUT2D eigenvalue weighted by atomic mass is 10.1. The molecule has 0 atom stereocenters. The molecule has 10 N–H and O–H groups in total. The van der Waals surface area contributed by atoms with Crippen LogP contribution in [-0.2, 0) is 29.8 Å². The number of nitrogens with zero attached hydrogens (tertiary/aromatic N) is 2. The van der Waals surface area contributed by atoms with Gasteiger partial charge in [0.25, 0.3) is 31.4 Å². The third kappa shape index (κ3) is 9.28. The minimum atomic E-state index is -5.15. The molecule has 294 valence electrons. The van der Waals surface area contributed by atoms with Gasteiger partial charge >= 0.3 is 5.97 Å². The number of benzene rings is 2. The van der Waals surface area contributed by atoms with Crippen molar-refractivity contribution in [3.63, 3.8) is 0 Å². The van der Waals surface area contributed by atoms with Gasteiger partial charge in [-0.1, -0.05) is 6.08 Å². The average Bonchev–Trinajstić information content (AvgIpc) is 3.58. The Morgan fingerprint density at radius 3 is 1.67 bits per heavy atom. The summed E-state index contributed by atoms with van der Waals surface area (Å²) in [4.78, 5) is 60.0. The molecule has 0 unspecified atom stereocenters. The van der Waals surface area contributed by atoms with Crippen LogP contribution >= 0.6 is 21.7 Å². The number of H-pyrrole nitrogens is 2.